The van der Waals surface area contributed by atoms with Gasteiger partial charge in [0.25, 0.3) is 11.5 Å². The van der Waals surface area contributed by atoms with Crippen molar-refractivity contribution in [2.45, 2.75) is 51.3 Å². The number of nitrogens with one attached hydrogen (secondary N) is 1. The molecule has 0 atom stereocenters. The number of benzene rings is 1. The van der Waals surface area contributed by atoms with Gasteiger partial charge in [0.15, 0.2) is 17.1 Å². The summed E-state index contributed by atoms with van der Waals surface area (Å²) < 4.78 is 36.5. The minimum absolute atomic E-state index is 0.0107. The van der Waals surface area contributed by atoms with Crippen LogP contribution in [0.25, 0.3) is 11.6 Å². The first-order valence-electron chi connectivity index (χ1n) is 10.8. The van der Waals surface area contributed by atoms with Crippen molar-refractivity contribution in [2.75, 3.05) is 7.11 Å². The van der Waals surface area contributed by atoms with Crippen LogP contribution in [0.3, 0.4) is 0 Å². The molecule has 0 unspecified atom stereocenters. The second-order valence-electron chi connectivity index (χ2n) is 7.70. The lowest BCUT2D eigenvalue weighted by Crippen LogP contribution is -2.39. The van der Waals surface area contributed by atoms with Crippen LogP contribution in [0.4, 0.5) is 8.78 Å². The van der Waals surface area contributed by atoms with Gasteiger partial charge in [-0.25, -0.2) is 0 Å². The predicted molar refractivity (Wildman–Crippen MR) is 125 cm³/mol. The van der Waals surface area contributed by atoms with Crippen molar-refractivity contribution in [3.8, 4) is 17.6 Å². The highest BCUT2D eigenvalue weighted by molar-refractivity contribution is 7.07. The fourth-order valence-electron chi connectivity index (χ4n) is 3.82. The number of allylic oxidation sites excluding steroid dienone is 1. The second kappa shape index (κ2) is 11.6. The molecule has 180 valence electrons. The largest absolute Gasteiger partial charge is 0.493 e. The number of methoxy groups -OCH3 is 1. The van der Waals surface area contributed by atoms with Crippen molar-refractivity contribution in [2.24, 2.45) is 0 Å². The lowest BCUT2D eigenvalue weighted by molar-refractivity contribution is -0.116. The zero-order valence-corrected chi connectivity index (χ0v) is 19.5. The number of thiazole rings is 1. The van der Waals surface area contributed by atoms with Gasteiger partial charge in [-0.2, -0.15) is 14.0 Å². The molecule has 1 saturated carbocycles. The van der Waals surface area contributed by atoms with Gasteiger partial charge in [-0.05, 0) is 36.6 Å². The Bertz CT molecular complexity index is 1270. The van der Waals surface area contributed by atoms with Gasteiger partial charge in [0, 0.05) is 12.6 Å². The first-order chi connectivity index (χ1) is 16.4. The van der Waals surface area contributed by atoms with E-state index in [0.29, 0.717) is 5.56 Å². The molecule has 0 bridgehead atoms. The molecule has 1 fully saturated rings. The standard InChI is InChI=1S/C24H25F2N3O4S/c1-3-11-29-22(31)20(13-15-9-10-18(33-24(25)26)19(12-15)32-2)34-23(29)17(14-27)21(30)28-16-7-5-4-6-8-16/h3,9-10,12-13,16,24H,1,4-8,11H2,2H3,(H,28,30)/b20-13-,23-17-. The van der Waals surface area contributed by atoms with Crippen LogP contribution >= 0.6 is 11.3 Å². The van der Waals surface area contributed by atoms with Crippen molar-refractivity contribution in [3.05, 3.63) is 56.0 Å². The second-order valence-corrected chi connectivity index (χ2v) is 8.73. The van der Waals surface area contributed by atoms with Crippen LogP contribution in [0.2, 0.25) is 0 Å². The fraction of sp³-hybridized carbons (Fsp3) is 0.375. The van der Waals surface area contributed by atoms with Crippen LogP contribution in [0.5, 0.6) is 11.5 Å². The summed E-state index contributed by atoms with van der Waals surface area (Å²) in [7, 11) is 1.32. The molecule has 0 spiro atoms. The number of nitriles is 1. The Morgan fingerprint density at radius 2 is 2.09 bits per heavy atom. The Kier molecular flexibility index (Phi) is 8.60. The number of halogens is 2. The minimum Gasteiger partial charge on any atom is -0.493 e. The summed E-state index contributed by atoms with van der Waals surface area (Å²) in [6.07, 6.45) is 7.95. The van der Waals surface area contributed by atoms with Gasteiger partial charge in [0.2, 0.25) is 0 Å². The Labute approximate surface area is 199 Å². The SMILES string of the molecule is C=CCn1c(=O)/c(=C/c2ccc(OC(F)F)c(OC)c2)s/c1=C(/C#N)C(=O)NC1CCCCC1. The van der Waals surface area contributed by atoms with Gasteiger partial charge in [0.05, 0.1) is 11.6 Å². The maximum atomic E-state index is 13.1. The van der Waals surface area contributed by atoms with E-state index in [2.05, 4.69) is 16.6 Å². The summed E-state index contributed by atoms with van der Waals surface area (Å²) in [5.41, 5.74) is -0.0308. The van der Waals surface area contributed by atoms with E-state index in [9.17, 15) is 23.6 Å². The number of amides is 1. The molecule has 1 aliphatic carbocycles. The summed E-state index contributed by atoms with van der Waals surface area (Å²) in [6, 6.07) is 6.24. The Morgan fingerprint density at radius 1 is 1.35 bits per heavy atom. The molecule has 1 amide bonds. The summed E-state index contributed by atoms with van der Waals surface area (Å²) >= 11 is 1.01. The molecule has 10 heteroatoms. The zero-order valence-electron chi connectivity index (χ0n) is 18.7. The third-order valence-corrected chi connectivity index (χ3v) is 6.54. The number of ether oxygens (including phenoxy) is 2. The number of rotatable bonds is 8. The summed E-state index contributed by atoms with van der Waals surface area (Å²) in [5, 5.41) is 12.7. The quantitative estimate of drug-likeness (QED) is 0.576. The van der Waals surface area contributed by atoms with E-state index in [-0.39, 0.29) is 38.9 Å². The van der Waals surface area contributed by atoms with Crippen molar-refractivity contribution in [3.63, 3.8) is 0 Å². The third-order valence-electron chi connectivity index (χ3n) is 5.41. The monoisotopic (exact) mass is 489 g/mol. The van der Waals surface area contributed by atoms with Gasteiger partial charge in [-0.15, -0.1) is 17.9 Å². The van der Waals surface area contributed by atoms with Gasteiger partial charge in [0.1, 0.15) is 10.7 Å². The maximum absolute atomic E-state index is 13.1. The number of alkyl halides is 2. The zero-order chi connectivity index (χ0) is 24.7. The van der Waals surface area contributed by atoms with Gasteiger partial charge < -0.3 is 14.8 Å². The van der Waals surface area contributed by atoms with Crippen molar-refractivity contribution in [1.82, 2.24) is 9.88 Å². The van der Waals surface area contributed by atoms with E-state index < -0.39 is 18.1 Å². The summed E-state index contributed by atoms with van der Waals surface area (Å²) in [5.74, 6) is -0.561. The van der Waals surface area contributed by atoms with Crippen molar-refractivity contribution >= 4 is 28.9 Å². The maximum Gasteiger partial charge on any atom is 0.387 e. The molecule has 1 aromatic carbocycles. The highest BCUT2D eigenvalue weighted by atomic mass is 32.1. The smallest absolute Gasteiger partial charge is 0.387 e. The number of carbonyl (C=O) groups excluding carboxylic acids is 1. The van der Waals surface area contributed by atoms with E-state index in [4.69, 9.17) is 4.74 Å². The number of carbonyl (C=O) groups is 1. The van der Waals surface area contributed by atoms with Gasteiger partial charge in [-0.3, -0.25) is 14.2 Å². The van der Waals surface area contributed by atoms with E-state index in [0.717, 1.165) is 43.4 Å². The van der Waals surface area contributed by atoms with Crippen LogP contribution in [-0.4, -0.2) is 30.2 Å². The summed E-state index contributed by atoms with van der Waals surface area (Å²) in [4.78, 5) is 25.9. The highest BCUT2D eigenvalue weighted by Crippen LogP contribution is 2.29. The van der Waals surface area contributed by atoms with Crippen LogP contribution in [0.15, 0.2) is 35.6 Å². The Morgan fingerprint density at radius 3 is 2.71 bits per heavy atom. The molecule has 0 aliphatic heterocycles. The van der Waals surface area contributed by atoms with Crippen LogP contribution in [-0.2, 0) is 11.3 Å². The molecular weight excluding hydrogens is 464 g/mol. The van der Waals surface area contributed by atoms with E-state index in [1.54, 1.807) is 6.08 Å². The highest BCUT2D eigenvalue weighted by Gasteiger charge is 2.20. The summed E-state index contributed by atoms with van der Waals surface area (Å²) in [6.45, 7) is 0.772. The molecule has 1 heterocycles. The molecule has 34 heavy (non-hydrogen) atoms. The number of hydrogen-bond acceptors (Lipinski definition) is 6. The average Bonchev–Trinajstić information content (AvgIpc) is 3.11. The molecule has 0 radical (unpaired) electrons. The molecule has 1 aliphatic rings. The fourth-order valence-corrected chi connectivity index (χ4v) is 4.93. The molecule has 2 aromatic rings. The first kappa shape index (κ1) is 25.2. The lowest BCUT2D eigenvalue weighted by Gasteiger charge is -2.22. The molecular formula is C24H25F2N3O4S. The predicted octanol–water partition coefficient (Wildman–Crippen LogP) is 2.66. The molecule has 1 N–H and O–H groups in total. The number of nitrogens with zero attached hydrogens (tertiary/aromatic N) is 2. The normalized spacial score (nSPS) is 15.6. The molecule has 7 nitrogen and oxygen atoms in total. The van der Waals surface area contributed by atoms with E-state index in [1.807, 2.05) is 6.07 Å². The topological polar surface area (TPSA) is 93.3 Å². The molecule has 3 rings (SSSR count). The van der Waals surface area contributed by atoms with Crippen LogP contribution < -0.4 is 29.5 Å². The molecule has 0 saturated heterocycles. The number of aromatic nitrogens is 1. The van der Waals surface area contributed by atoms with Crippen molar-refractivity contribution < 1.29 is 23.0 Å². The van der Waals surface area contributed by atoms with Gasteiger partial charge in [-0.1, -0.05) is 31.4 Å². The lowest BCUT2D eigenvalue weighted by atomic mass is 9.95. The van der Waals surface area contributed by atoms with E-state index in [1.165, 1.54) is 36.0 Å². The van der Waals surface area contributed by atoms with Crippen LogP contribution in [0.1, 0.15) is 37.7 Å². The average molecular weight is 490 g/mol. The van der Waals surface area contributed by atoms with E-state index >= 15 is 0 Å². The number of hydrogen-bond donors (Lipinski definition) is 1. The third kappa shape index (κ3) is 5.91. The Balaban J connectivity index is 2.08. The minimum atomic E-state index is -3.01. The van der Waals surface area contributed by atoms with Crippen LogP contribution in [0, 0.1) is 11.3 Å². The van der Waals surface area contributed by atoms with Gasteiger partial charge >= 0.3 is 6.61 Å². The Hall–Kier alpha value is -3.45. The first-order valence-corrected chi connectivity index (χ1v) is 11.6. The molecule has 1 aromatic heterocycles. The van der Waals surface area contributed by atoms with Crippen molar-refractivity contribution in [1.29, 1.82) is 5.26 Å².